The van der Waals surface area contributed by atoms with Gasteiger partial charge in [-0.2, -0.15) is 0 Å². The Morgan fingerprint density at radius 3 is 2.41 bits per heavy atom. The van der Waals surface area contributed by atoms with Crippen LogP contribution < -0.4 is 5.32 Å². The topological polar surface area (TPSA) is 66.5 Å². The lowest BCUT2D eigenvalue weighted by molar-refractivity contribution is -0.144. The molecule has 1 aromatic carbocycles. The Labute approximate surface area is 156 Å². The molecule has 4 atom stereocenters. The minimum absolute atomic E-state index is 0.146. The van der Waals surface area contributed by atoms with Gasteiger partial charge in [-0.3, -0.25) is 19.3 Å². The van der Waals surface area contributed by atoms with E-state index in [1.807, 2.05) is 18.2 Å². The smallest absolute Gasteiger partial charge is 0.240 e. The number of hydrogen-bond donors (Lipinski definition) is 1. The largest absolute Gasteiger partial charge is 0.354 e. The van der Waals surface area contributed by atoms with Gasteiger partial charge in [0.2, 0.25) is 17.7 Å². The second-order valence-electron chi connectivity index (χ2n) is 8.33. The highest BCUT2D eigenvalue weighted by molar-refractivity contribution is 6.08. The Hall–Kier alpha value is -2.50. The van der Waals surface area contributed by atoms with Gasteiger partial charge in [0.25, 0.3) is 0 Å². The van der Waals surface area contributed by atoms with Crippen molar-refractivity contribution in [3.8, 4) is 0 Å². The van der Waals surface area contributed by atoms with E-state index in [2.05, 4.69) is 5.32 Å². The summed E-state index contributed by atoms with van der Waals surface area (Å²) in [5, 5.41) is 2.85. The normalized spacial score (nSPS) is 32.1. The van der Waals surface area contributed by atoms with Gasteiger partial charge in [-0.05, 0) is 48.8 Å². The van der Waals surface area contributed by atoms with Crippen LogP contribution in [-0.4, -0.2) is 35.7 Å². The van der Waals surface area contributed by atoms with E-state index in [-0.39, 0.29) is 59.2 Å². The molecule has 0 unspecified atom stereocenters. The van der Waals surface area contributed by atoms with E-state index in [0.29, 0.717) is 6.54 Å². The van der Waals surface area contributed by atoms with Crippen LogP contribution in [-0.2, 0) is 19.8 Å². The molecule has 3 aliphatic carbocycles. The summed E-state index contributed by atoms with van der Waals surface area (Å²) in [6, 6.07) is 6.47. The number of allylic oxidation sites excluding steroid dienone is 2. The minimum atomic E-state index is -0.334. The van der Waals surface area contributed by atoms with Gasteiger partial charge in [0.15, 0.2) is 0 Å². The fraction of sp³-hybridized carbons (Fsp3) is 0.476. The van der Waals surface area contributed by atoms with Crippen LogP contribution in [0.1, 0.15) is 24.8 Å². The molecule has 1 saturated heterocycles. The van der Waals surface area contributed by atoms with Crippen molar-refractivity contribution in [1.29, 1.82) is 0 Å². The fourth-order valence-corrected chi connectivity index (χ4v) is 5.12. The average molecular weight is 368 g/mol. The summed E-state index contributed by atoms with van der Waals surface area (Å²) in [5.41, 5.74) is 0.657. The molecule has 1 heterocycles. The number of benzene rings is 1. The van der Waals surface area contributed by atoms with E-state index in [9.17, 15) is 18.8 Å². The van der Waals surface area contributed by atoms with Crippen LogP contribution in [0, 0.1) is 29.5 Å². The minimum Gasteiger partial charge on any atom is -0.354 e. The third kappa shape index (κ3) is 2.53. The molecule has 3 fully saturated rings. The van der Waals surface area contributed by atoms with Crippen molar-refractivity contribution >= 4 is 17.7 Å². The highest BCUT2D eigenvalue weighted by atomic mass is 19.1. The van der Waals surface area contributed by atoms with Crippen molar-refractivity contribution in [3.05, 3.63) is 47.8 Å². The Morgan fingerprint density at radius 2 is 1.81 bits per heavy atom. The maximum Gasteiger partial charge on any atom is 0.240 e. The molecular weight excluding hydrogens is 347 g/mol. The number of imide groups is 1. The number of nitrogens with zero attached hydrogens (tertiary/aromatic N) is 1. The first-order valence-electron chi connectivity index (χ1n) is 9.55. The van der Waals surface area contributed by atoms with Crippen LogP contribution in [0.4, 0.5) is 4.39 Å². The third-order valence-corrected chi connectivity index (χ3v) is 6.78. The monoisotopic (exact) mass is 368 g/mol. The molecule has 5 nitrogen and oxygen atoms in total. The van der Waals surface area contributed by atoms with Crippen LogP contribution in [0.2, 0.25) is 0 Å². The van der Waals surface area contributed by atoms with Crippen molar-refractivity contribution in [1.82, 2.24) is 10.2 Å². The molecule has 2 bridgehead atoms. The summed E-state index contributed by atoms with van der Waals surface area (Å²) >= 11 is 0. The highest BCUT2D eigenvalue weighted by Gasteiger charge is 2.59. The number of carbonyl (C=O) groups is 3. The zero-order chi connectivity index (χ0) is 18.8. The fourth-order valence-electron chi connectivity index (χ4n) is 5.12. The third-order valence-electron chi connectivity index (χ3n) is 6.78. The van der Waals surface area contributed by atoms with Gasteiger partial charge >= 0.3 is 0 Å². The Balaban J connectivity index is 1.22. The van der Waals surface area contributed by atoms with Gasteiger partial charge in [-0.15, -0.1) is 0 Å². The zero-order valence-corrected chi connectivity index (χ0v) is 14.9. The number of fused-ring (bicyclic) bond motifs is 5. The maximum absolute atomic E-state index is 13.5. The van der Waals surface area contributed by atoms with Crippen molar-refractivity contribution in [2.45, 2.75) is 24.7 Å². The first-order valence-corrected chi connectivity index (χ1v) is 9.55. The highest BCUT2D eigenvalue weighted by Crippen LogP contribution is 2.52. The Morgan fingerprint density at radius 1 is 1.15 bits per heavy atom. The summed E-state index contributed by atoms with van der Waals surface area (Å²) < 4.78 is 13.5. The summed E-state index contributed by atoms with van der Waals surface area (Å²) in [7, 11) is 0. The average Bonchev–Trinajstić information content (AvgIpc) is 3.06. The lowest BCUT2D eigenvalue weighted by atomic mass is 9.85. The van der Waals surface area contributed by atoms with Crippen molar-refractivity contribution < 1.29 is 18.8 Å². The number of rotatable bonds is 5. The Bertz CT molecular complexity index is 846. The van der Waals surface area contributed by atoms with Crippen LogP contribution >= 0.6 is 0 Å². The van der Waals surface area contributed by atoms with Crippen LogP contribution in [0.3, 0.4) is 0 Å². The van der Waals surface area contributed by atoms with Gasteiger partial charge in [0.05, 0.1) is 11.8 Å². The first kappa shape index (κ1) is 16.7. The summed E-state index contributed by atoms with van der Waals surface area (Å²) in [5.74, 6) is -1.29. The predicted octanol–water partition coefficient (Wildman–Crippen LogP) is 1.78. The van der Waals surface area contributed by atoms with Crippen molar-refractivity contribution in [2.75, 3.05) is 13.1 Å². The molecule has 1 aromatic rings. The number of nitrogens with one attached hydrogen (secondary N) is 1. The molecule has 3 amide bonds. The summed E-state index contributed by atoms with van der Waals surface area (Å²) in [4.78, 5) is 38.8. The number of carbonyl (C=O) groups excluding carboxylic acids is 3. The van der Waals surface area contributed by atoms with Gasteiger partial charge < -0.3 is 5.32 Å². The molecule has 0 radical (unpaired) electrons. The van der Waals surface area contributed by atoms with Gasteiger partial charge in [0.1, 0.15) is 12.4 Å². The standard InChI is InChI=1S/C21H21FN2O3/c22-15-3-1-2-14(9-15)21(6-7-21)11-23-16(25)10-24-19(26)17-12-4-5-13(8-12)18(17)20(24)27/h1-5,9,12-13,17-18H,6-8,10-11H2,(H,23,25)/t12-,13-,17-,18+/m0/s1. The zero-order valence-electron chi connectivity index (χ0n) is 14.9. The predicted molar refractivity (Wildman–Crippen MR) is 94.8 cm³/mol. The van der Waals surface area contributed by atoms with E-state index in [1.54, 1.807) is 6.07 Å². The molecule has 5 rings (SSSR count). The number of amides is 3. The molecule has 0 aromatic heterocycles. The molecular formula is C21H21FN2O3. The maximum atomic E-state index is 13.5. The van der Waals surface area contributed by atoms with Gasteiger partial charge in [-0.1, -0.05) is 24.3 Å². The number of likely N-dealkylation sites (tertiary alicyclic amines) is 1. The lowest BCUT2D eigenvalue weighted by Gasteiger charge is -2.20. The van der Waals surface area contributed by atoms with E-state index in [1.165, 1.54) is 12.1 Å². The Kier molecular flexibility index (Phi) is 3.55. The second kappa shape index (κ2) is 5.75. The molecule has 1 N–H and O–H groups in total. The molecule has 0 spiro atoms. The number of hydrogen-bond acceptors (Lipinski definition) is 3. The molecule has 6 heteroatoms. The second-order valence-corrected chi connectivity index (χ2v) is 8.33. The van der Waals surface area contributed by atoms with Crippen molar-refractivity contribution in [3.63, 3.8) is 0 Å². The lowest BCUT2D eigenvalue weighted by Crippen LogP contribution is -2.43. The number of halogens is 1. The molecule has 1 aliphatic heterocycles. The molecule has 27 heavy (non-hydrogen) atoms. The molecule has 2 saturated carbocycles. The van der Waals surface area contributed by atoms with Crippen molar-refractivity contribution in [2.24, 2.45) is 23.7 Å². The molecule has 140 valence electrons. The summed E-state index contributed by atoms with van der Waals surface area (Å²) in [6.07, 6.45) is 6.73. The molecule has 4 aliphatic rings. The van der Waals surface area contributed by atoms with Gasteiger partial charge in [-0.25, -0.2) is 4.39 Å². The van der Waals surface area contributed by atoms with Crippen LogP contribution in [0.5, 0.6) is 0 Å². The van der Waals surface area contributed by atoms with Gasteiger partial charge in [0, 0.05) is 12.0 Å². The van der Waals surface area contributed by atoms with E-state index in [0.717, 1.165) is 29.7 Å². The van der Waals surface area contributed by atoms with Crippen LogP contribution in [0.15, 0.2) is 36.4 Å². The quantitative estimate of drug-likeness (QED) is 0.636. The SMILES string of the molecule is O=C(CN1C(=O)[C@@H]2[C@H](C1=O)[C@H]1C=C[C@H]2C1)NCC1(c2cccc(F)c2)CC1. The van der Waals surface area contributed by atoms with Crippen LogP contribution in [0.25, 0.3) is 0 Å². The first-order chi connectivity index (χ1) is 13.0. The summed E-state index contributed by atoms with van der Waals surface area (Å²) in [6.45, 7) is 0.175. The van der Waals surface area contributed by atoms with E-state index in [4.69, 9.17) is 0 Å². The van der Waals surface area contributed by atoms with E-state index < -0.39 is 0 Å². The van der Waals surface area contributed by atoms with E-state index >= 15 is 0 Å².